The van der Waals surface area contributed by atoms with Gasteiger partial charge in [-0.3, -0.25) is 4.90 Å². The lowest BCUT2D eigenvalue weighted by Gasteiger charge is -2.37. The number of nitrogens with zero attached hydrogens (tertiary/aromatic N) is 2. The van der Waals surface area contributed by atoms with E-state index in [1.807, 2.05) is 0 Å². The van der Waals surface area contributed by atoms with Gasteiger partial charge >= 0.3 is 0 Å². The number of nitrogens with one attached hydrogen (secondary N) is 1. The molecule has 0 aromatic rings. The van der Waals surface area contributed by atoms with E-state index in [4.69, 9.17) is 0 Å². The smallest absolute Gasteiger partial charge is 0.0224 e. The maximum Gasteiger partial charge on any atom is 0.0224 e. The van der Waals surface area contributed by atoms with E-state index in [-0.39, 0.29) is 0 Å². The second-order valence-corrected chi connectivity index (χ2v) is 6.06. The molecule has 0 saturated carbocycles. The highest BCUT2D eigenvalue weighted by atomic mass is 15.3. The minimum Gasteiger partial charge on any atom is -0.315 e. The van der Waals surface area contributed by atoms with E-state index in [9.17, 15) is 0 Å². The molecule has 0 spiro atoms. The Morgan fingerprint density at radius 1 is 1.16 bits per heavy atom. The normalized spacial score (nSPS) is 24.3. The van der Waals surface area contributed by atoms with E-state index in [0.29, 0.717) is 0 Å². The summed E-state index contributed by atoms with van der Waals surface area (Å²) < 4.78 is 0. The molecule has 3 heteroatoms. The molecule has 0 aliphatic carbocycles. The van der Waals surface area contributed by atoms with Crippen molar-refractivity contribution in [2.24, 2.45) is 0 Å². The van der Waals surface area contributed by atoms with Gasteiger partial charge in [-0.25, -0.2) is 0 Å². The summed E-state index contributed by atoms with van der Waals surface area (Å²) in [5, 5.41) is 3.64. The van der Waals surface area contributed by atoms with E-state index < -0.39 is 0 Å². The second kappa shape index (κ2) is 9.73. The molecule has 19 heavy (non-hydrogen) atoms. The zero-order valence-corrected chi connectivity index (χ0v) is 13.6. The van der Waals surface area contributed by atoms with Crippen LogP contribution in [0.3, 0.4) is 0 Å². The van der Waals surface area contributed by atoms with Gasteiger partial charge in [-0.1, -0.05) is 27.2 Å². The van der Waals surface area contributed by atoms with Crippen molar-refractivity contribution in [3.8, 4) is 0 Å². The van der Waals surface area contributed by atoms with Crippen LogP contribution < -0.4 is 5.32 Å². The Hall–Kier alpha value is -0.120. The summed E-state index contributed by atoms with van der Waals surface area (Å²) in [6.07, 6.45) is 6.45. The van der Waals surface area contributed by atoms with Crippen LogP contribution in [0, 0.1) is 0 Å². The summed E-state index contributed by atoms with van der Waals surface area (Å²) in [6.45, 7) is 13.0. The molecule has 0 aromatic heterocycles. The third-order valence-electron chi connectivity index (χ3n) is 4.32. The minimum atomic E-state index is 0.730. The summed E-state index contributed by atoms with van der Waals surface area (Å²) in [7, 11) is 2.27. The van der Waals surface area contributed by atoms with Crippen molar-refractivity contribution in [3.63, 3.8) is 0 Å². The predicted molar refractivity (Wildman–Crippen MR) is 84.8 cm³/mol. The van der Waals surface area contributed by atoms with Crippen molar-refractivity contribution in [1.29, 1.82) is 0 Å². The fourth-order valence-corrected chi connectivity index (χ4v) is 3.27. The number of likely N-dealkylation sites (N-methyl/N-ethyl adjacent to an activating group) is 1. The molecule has 3 nitrogen and oxygen atoms in total. The molecule has 2 atom stereocenters. The van der Waals surface area contributed by atoms with Crippen molar-refractivity contribution >= 4 is 0 Å². The Morgan fingerprint density at radius 2 is 1.95 bits per heavy atom. The van der Waals surface area contributed by atoms with Gasteiger partial charge in [0.1, 0.15) is 0 Å². The van der Waals surface area contributed by atoms with E-state index in [1.54, 1.807) is 0 Å². The average Bonchev–Trinajstić information content (AvgIpc) is 2.59. The van der Waals surface area contributed by atoms with Crippen LogP contribution in [-0.2, 0) is 0 Å². The van der Waals surface area contributed by atoms with E-state index in [0.717, 1.165) is 18.6 Å². The van der Waals surface area contributed by atoms with Gasteiger partial charge in [0.2, 0.25) is 0 Å². The van der Waals surface area contributed by atoms with E-state index in [2.05, 4.69) is 42.9 Å². The van der Waals surface area contributed by atoms with Crippen molar-refractivity contribution < 1.29 is 0 Å². The molecule has 0 bridgehead atoms. The Labute approximate surface area is 120 Å². The molecule has 1 aliphatic rings. The fraction of sp³-hybridized carbons (Fsp3) is 1.00. The number of hydrogen-bond donors (Lipinski definition) is 1. The van der Waals surface area contributed by atoms with Gasteiger partial charge in [-0.05, 0) is 45.8 Å². The molecule has 1 aliphatic heterocycles. The highest BCUT2D eigenvalue weighted by Gasteiger charge is 2.27. The SMILES string of the molecule is CCCNCC(CCC)N1CCCN(C)CC1CC. The van der Waals surface area contributed by atoms with Crippen LogP contribution in [0.25, 0.3) is 0 Å². The van der Waals surface area contributed by atoms with E-state index >= 15 is 0 Å². The van der Waals surface area contributed by atoms with Crippen LogP contribution >= 0.6 is 0 Å². The fourth-order valence-electron chi connectivity index (χ4n) is 3.27. The monoisotopic (exact) mass is 269 g/mol. The molecule has 0 radical (unpaired) electrons. The van der Waals surface area contributed by atoms with Crippen molar-refractivity contribution in [1.82, 2.24) is 15.1 Å². The molecule has 0 aromatic carbocycles. The van der Waals surface area contributed by atoms with Crippen LogP contribution in [0.15, 0.2) is 0 Å². The third kappa shape index (κ3) is 5.80. The highest BCUT2D eigenvalue weighted by molar-refractivity contribution is 4.84. The quantitative estimate of drug-likeness (QED) is 0.683. The van der Waals surface area contributed by atoms with Gasteiger partial charge in [0.25, 0.3) is 0 Å². The van der Waals surface area contributed by atoms with Gasteiger partial charge in [0.15, 0.2) is 0 Å². The van der Waals surface area contributed by atoms with Crippen LogP contribution in [0.2, 0.25) is 0 Å². The maximum atomic E-state index is 3.64. The first kappa shape index (κ1) is 16.9. The first-order valence-corrected chi connectivity index (χ1v) is 8.37. The number of rotatable bonds is 8. The maximum absolute atomic E-state index is 3.64. The van der Waals surface area contributed by atoms with Gasteiger partial charge in [-0.2, -0.15) is 0 Å². The average molecular weight is 269 g/mol. The first-order chi connectivity index (χ1) is 9.22. The summed E-state index contributed by atoms with van der Waals surface area (Å²) in [4.78, 5) is 5.31. The van der Waals surface area contributed by atoms with Crippen molar-refractivity contribution in [3.05, 3.63) is 0 Å². The summed E-state index contributed by atoms with van der Waals surface area (Å²) >= 11 is 0. The molecule has 114 valence electrons. The zero-order valence-electron chi connectivity index (χ0n) is 13.6. The Morgan fingerprint density at radius 3 is 2.58 bits per heavy atom. The van der Waals surface area contributed by atoms with Crippen LogP contribution in [0.1, 0.15) is 52.9 Å². The lowest BCUT2D eigenvalue weighted by molar-refractivity contribution is 0.119. The lowest BCUT2D eigenvalue weighted by atomic mass is 10.1. The topological polar surface area (TPSA) is 18.5 Å². The molecule has 1 heterocycles. The Bertz CT molecular complexity index is 220. The molecule has 1 fully saturated rings. The molecule has 2 unspecified atom stereocenters. The largest absolute Gasteiger partial charge is 0.315 e. The molecule has 1 N–H and O–H groups in total. The minimum absolute atomic E-state index is 0.730. The van der Waals surface area contributed by atoms with Crippen molar-refractivity contribution in [2.45, 2.75) is 65.0 Å². The summed E-state index contributed by atoms with van der Waals surface area (Å²) in [5.41, 5.74) is 0. The number of hydrogen-bond acceptors (Lipinski definition) is 3. The van der Waals surface area contributed by atoms with Crippen LogP contribution in [-0.4, -0.2) is 61.7 Å². The lowest BCUT2D eigenvalue weighted by Crippen LogP contribution is -2.49. The second-order valence-electron chi connectivity index (χ2n) is 6.06. The molecular weight excluding hydrogens is 234 g/mol. The third-order valence-corrected chi connectivity index (χ3v) is 4.32. The van der Waals surface area contributed by atoms with Gasteiger partial charge in [0, 0.05) is 31.7 Å². The molecule has 1 saturated heterocycles. The van der Waals surface area contributed by atoms with Gasteiger partial charge < -0.3 is 10.2 Å². The van der Waals surface area contributed by atoms with Crippen LogP contribution in [0.5, 0.6) is 0 Å². The molecule has 1 rings (SSSR count). The molecular formula is C16H35N3. The van der Waals surface area contributed by atoms with Gasteiger partial charge in [0.05, 0.1) is 0 Å². The van der Waals surface area contributed by atoms with Crippen molar-refractivity contribution in [2.75, 3.05) is 39.8 Å². The zero-order chi connectivity index (χ0) is 14.1. The Balaban J connectivity index is 2.61. The standard InChI is InChI=1S/C16H35N3/c1-5-9-16(13-17-10-6-2)19-12-8-11-18(4)14-15(19)7-3/h15-17H,5-14H2,1-4H3. The van der Waals surface area contributed by atoms with Gasteiger partial charge in [-0.15, -0.1) is 0 Å². The highest BCUT2D eigenvalue weighted by Crippen LogP contribution is 2.18. The summed E-state index contributed by atoms with van der Waals surface area (Å²) in [6, 6.07) is 1.47. The van der Waals surface area contributed by atoms with E-state index in [1.165, 1.54) is 58.3 Å². The van der Waals surface area contributed by atoms with Crippen LogP contribution in [0.4, 0.5) is 0 Å². The molecule has 0 amide bonds. The summed E-state index contributed by atoms with van der Waals surface area (Å²) in [5.74, 6) is 0. The predicted octanol–water partition coefficient (Wildman–Crippen LogP) is 2.57. The first-order valence-electron chi connectivity index (χ1n) is 8.37. The Kier molecular flexibility index (Phi) is 8.67.